The molecule has 0 spiro atoms. The van der Waals surface area contributed by atoms with Gasteiger partial charge in [-0.2, -0.15) is 4.98 Å². The van der Waals surface area contributed by atoms with E-state index >= 15 is 0 Å². The molecule has 0 fully saturated rings. The Balaban J connectivity index is 1.82. The summed E-state index contributed by atoms with van der Waals surface area (Å²) < 4.78 is 2.38. The summed E-state index contributed by atoms with van der Waals surface area (Å²) in [6.45, 7) is 0. The highest BCUT2D eigenvalue weighted by Gasteiger charge is 2.13. The first-order chi connectivity index (χ1) is 11.5. The summed E-state index contributed by atoms with van der Waals surface area (Å²) in [5.74, 6) is 0.395. The van der Waals surface area contributed by atoms with E-state index in [0.29, 0.717) is 11.6 Å². The van der Waals surface area contributed by atoms with E-state index < -0.39 is 11.2 Å². The lowest BCUT2D eigenvalue weighted by Gasteiger charge is -2.04. The second kappa shape index (κ2) is 5.05. The molecular formula is C16H14N6O2. The molecule has 0 unspecified atom stereocenters. The zero-order valence-electron chi connectivity index (χ0n) is 13.1. The summed E-state index contributed by atoms with van der Waals surface area (Å²) >= 11 is 0. The maximum Gasteiger partial charge on any atom is 0.332 e. The second-order valence-electron chi connectivity index (χ2n) is 5.53. The average Bonchev–Trinajstić information content (AvgIpc) is 3.02. The van der Waals surface area contributed by atoms with Crippen LogP contribution in [0.25, 0.3) is 22.1 Å². The third kappa shape index (κ3) is 2.08. The molecule has 8 heteroatoms. The number of imidazole rings is 1. The number of aromatic amines is 1. The predicted molar refractivity (Wildman–Crippen MR) is 91.6 cm³/mol. The quantitative estimate of drug-likeness (QED) is 0.579. The summed E-state index contributed by atoms with van der Waals surface area (Å²) in [6.07, 6.45) is 1.74. The molecule has 0 radical (unpaired) electrons. The van der Waals surface area contributed by atoms with E-state index in [1.807, 2.05) is 30.3 Å². The number of nitrogens with one attached hydrogen (secondary N) is 2. The molecule has 0 aliphatic carbocycles. The first kappa shape index (κ1) is 14.2. The lowest BCUT2D eigenvalue weighted by Crippen LogP contribution is -2.36. The minimum atomic E-state index is -0.415. The Hall–Kier alpha value is -3.42. The molecule has 0 saturated carbocycles. The van der Waals surface area contributed by atoms with Gasteiger partial charge in [-0.15, -0.1) is 0 Å². The lowest BCUT2D eigenvalue weighted by atomic mass is 10.2. The van der Waals surface area contributed by atoms with E-state index in [-0.39, 0.29) is 5.52 Å². The van der Waals surface area contributed by atoms with Crippen LogP contribution >= 0.6 is 0 Å². The Morgan fingerprint density at radius 2 is 1.96 bits per heavy atom. The molecular weight excluding hydrogens is 308 g/mol. The van der Waals surface area contributed by atoms with Crippen molar-refractivity contribution in [2.45, 2.75) is 0 Å². The van der Waals surface area contributed by atoms with E-state index in [2.05, 4.69) is 20.3 Å². The molecule has 3 aromatic heterocycles. The number of aryl methyl sites for hydroxylation is 1. The second-order valence-corrected chi connectivity index (χ2v) is 5.53. The number of anilines is 2. The normalized spacial score (nSPS) is 11.2. The van der Waals surface area contributed by atoms with Crippen LogP contribution in [0.1, 0.15) is 0 Å². The molecule has 0 amide bonds. The molecule has 0 atom stereocenters. The largest absolute Gasteiger partial charge is 0.332 e. The van der Waals surface area contributed by atoms with Crippen LogP contribution in [0, 0.1) is 0 Å². The Kier molecular flexibility index (Phi) is 2.99. The van der Waals surface area contributed by atoms with E-state index in [4.69, 9.17) is 0 Å². The minimum Gasteiger partial charge on any atom is -0.326 e. The molecule has 1 aromatic carbocycles. The van der Waals surface area contributed by atoms with Crippen LogP contribution in [0.2, 0.25) is 0 Å². The van der Waals surface area contributed by atoms with Crippen molar-refractivity contribution in [3.05, 3.63) is 57.4 Å². The van der Waals surface area contributed by atoms with Crippen LogP contribution in [0.5, 0.6) is 0 Å². The number of hydrogen-bond donors (Lipinski definition) is 2. The van der Waals surface area contributed by atoms with Crippen molar-refractivity contribution >= 4 is 33.7 Å². The summed E-state index contributed by atoms with van der Waals surface area (Å²) in [4.78, 5) is 35.7. The third-order valence-electron chi connectivity index (χ3n) is 3.96. The molecule has 0 aliphatic rings. The van der Waals surface area contributed by atoms with E-state index in [1.54, 1.807) is 13.2 Å². The highest BCUT2D eigenvalue weighted by molar-refractivity contribution is 5.83. The van der Waals surface area contributed by atoms with Gasteiger partial charge < -0.3 is 10.3 Å². The van der Waals surface area contributed by atoms with Gasteiger partial charge in [0.15, 0.2) is 11.2 Å². The Morgan fingerprint density at radius 1 is 1.12 bits per heavy atom. The monoisotopic (exact) mass is 322 g/mol. The summed E-state index contributed by atoms with van der Waals surface area (Å²) in [7, 11) is 3.02. The highest BCUT2D eigenvalue weighted by Crippen LogP contribution is 2.20. The van der Waals surface area contributed by atoms with Gasteiger partial charge in [0.1, 0.15) is 0 Å². The van der Waals surface area contributed by atoms with Gasteiger partial charge >= 0.3 is 5.69 Å². The van der Waals surface area contributed by atoms with Gasteiger partial charge in [0.2, 0.25) is 5.95 Å². The fourth-order valence-electron chi connectivity index (χ4n) is 2.68. The first-order valence-corrected chi connectivity index (χ1v) is 7.32. The van der Waals surface area contributed by atoms with E-state index in [1.165, 1.54) is 11.6 Å². The van der Waals surface area contributed by atoms with E-state index in [9.17, 15) is 9.59 Å². The van der Waals surface area contributed by atoms with Crippen LogP contribution in [-0.4, -0.2) is 24.1 Å². The first-order valence-electron chi connectivity index (χ1n) is 7.32. The zero-order valence-corrected chi connectivity index (χ0v) is 13.1. The molecule has 24 heavy (non-hydrogen) atoms. The van der Waals surface area contributed by atoms with Gasteiger partial charge in [-0.25, -0.2) is 4.79 Å². The minimum absolute atomic E-state index is 0.282. The number of aromatic nitrogens is 5. The summed E-state index contributed by atoms with van der Waals surface area (Å²) in [5, 5.41) is 4.11. The predicted octanol–water partition coefficient (Wildman–Crippen LogP) is 1.25. The van der Waals surface area contributed by atoms with Crippen molar-refractivity contribution in [2.75, 3.05) is 5.32 Å². The van der Waals surface area contributed by atoms with E-state index in [0.717, 1.165) is 21.2 Å². The van der Waals surface area contributed by atoms with Crippen LogP contribution in [0.4, 0.5) is 11.6 Å². The van der Waals surface area contributed by atoms with Crippen LogP contribution < -0.4 is 16.6 Å². The van der Waals surface area contributed by atoms with Crippen molar-refractivity contribution in [3.63, 3.8) is 0 Å². The molecule has 4 rings (SSSR count). The fourth-order valence-corrected chi connectivity index (χ4v) is 2.68. The molecule has 120 valence electrons. The van der Waals surface area contributed by atoms with Crippen LogP contribution in [0.3, 0.4) is 0 Å². The number of benzene rings is 1. The van der Waals surface area contributed by atoms with Crippen molar-refractivity contribution in [1.82, 2.24) is 24.1 Å². The highest BCUT2D eigenvalue weighted by atomic mass is 16.2. The number of nitrogens with zero attached hydrogens (tertiary/aromatic N) is 4. The van der Waals surface area contributed by atoms with Crippen molar-refractivity contribution in [2.24, 2.45) is 14.1 Å². The molecule has 0 aliphatic heterocycles. The summed E-state index contributed by atoms with van der Waals surface area (Å²) in [5.41, 5.74) is 1.47. The van der Waals surface area contributed by atoms with Crippen molar-refractivity contribution < 1.29 is 0 Å². The molecule has 0 bridgehead atoms. The lowest BCUT2D eigenvalue weighted by molar-refractivity contribution is 0.709. The van der Waals surface area contributed by atoms with Crippen LogP contribution in [0.15, 0.2) is 46.1 Å². The number of pyridine rings is 1. The number of rotatable bonds is 2. The molecule has 8 nitrogen and oxygen atoms in total. The van der Waals surface area contributed by atoms with Crippen molar-refractivity contribution in [1.29, 1.82) is 0 Å². The molecule has 4 aromatic rings. The summed E-state index contributed by atoms with van der Waals surface area (Å²) in [6, 6.07) is 9.54. The number of H-pyrrole nitrogens is 1. The van der Waals surface area contributed by atoms with Gasteiger partial charge in [0, 0.05) is 31.4 Å². The zero-order chi connectivity index (χ0) is 16.8. The van der Waals surface area contributed by atoms with Crippen LogP contribution in [-0.2, 0) is 14.1 Å². The Morgan fingerprint density at radius 3 is 2.79 bits per heavy atom. The maximum absolute atomic E-state index is 12.2. The van der Waals surface area contributed by atoms with Gasteiger partial charge in [-0.05, 0) is 24.3 Å². The SMILES string of the molecule is Cn1c(=O)c2[nH]c(Nc3ccc4ncccc4c3)nc2n(C)c1=O. The number of hydrogen-bond acceptors (Lipinski definition) is 5. The maximum atomic E-state index is 12.2. The Labute approximate surface area is 135 Å². The number of fused-ring (bicyclic) bond motifs is 2. The topological polar surface area (TPSA) is 97.6 Å². The Bertz CT molecular complexity index is 1200. The average molecular weight is 322 g/mol. The van der Waals surface area contributed by atoms with Gasteiger partial charge in [-0.1, -0.05) is 6.07 Å². The van der Waals surface area contributed by atoms with Crippen molar-refractivity contribution in [3.8, 4) is 0 Å². The fraction of sp³-hybridized carbons (Fsp3) is 0.125. The molecule has 3 heterocycles. The van der Waals surface area contributed by atoms with Gasteiger partial charge in [0.05, 0.1) is 5.52 Å². The standard InChI is InChI=1S/C16H14N6O2/c1-21-13-12(14(23)22(2)16(21)24)19-15(20-13)18-10-5-6-11-9(8-10)4-3-7-17-11/h3-8H,1-2H3,(H2,18,19,20). The van der Waals surface area contributed by atoms with Gasteiger partial charge in [0.25, 0.3) is 5.56 Å². The smallest absolute Gasteiger partial charge is 0.326 e. The molecule has 0 saturated heterocycles. The van der Waals surface area contributed by atoms with Gasteiger partial charge in [-0.3, -0.25) is 18.9 Å². The molecule has 2 N–H and O–H groups in total. The third-order valence-corrected chi connectivity index (χ3v) is 3.96.